The fourth-order valence-electron chi connectivity index (χ4n) is 2.29. The van der Waals surface area contributed by atoms with Crippen LogP contribution in [-0.2, 0) is 6.54 Å². The summed E-state index contributed by atoms with van der Waals surface area (Å²) in [5.41, 5.74) is 1.32. The summed E-state index contributed by atoms with van der Waals surface area (Å²) >= 11 is 0. The van der Waals surface area contributed by atoms with Crippen molar-refractivity contribution in [1.29, 1.82) is 0 Å². The van der Waals surface area contributed by atoms with Crippen LogP contribution in [0.15, 0.2) is 12.4 Å². The Kier molecular flexibility index (Phi) is 3.84. The highest BCUT2D eigenvalue weighted by Crippen LogP contribution is 2.13. The highest BCUT2D eigenvalue weighted by atomic mass is 15.3. The molecule has 0 aliphatic carbocycles. The molecule has 1 aromatic heterocycles. The topological polar surface area (TPSA) is 33.1 Å². The van der Waals surface area contributed by atoms with E-state index in [1.54, 1.807) is 0 Å². The van der Waals surface area contributed by atoms with Crippen LogP contribution in [0, 0.1) is 0 Å². The molecule has 2 rings (SSSR count). The Morgan fingerprint density at radius 3 is 2.88 bits per heavy atom. The zero-order chi connectivity index (χ0) is 12.4. The van der Waals surface area contributed by atoms with Gasteiger partial charge in [0.25, 0.3) is 0 Å². The van der Waals surface area contributed by atoms with E-state index in [2.05, 4.69) is 49.2 Å². The highest BCUT2D eigenvalue weighted by Gasteiger charge is 2.22. The van der Waals surface area contributed by atoms with Crippen LogP contribution in [0.5, 0.6) is 0 Å². The second-order valence-corrected chi connectivity index (χ2v) is 5.51. The summed E-state index contributed by atoms with van der Waals surface area (Å²) in [4.78, 5) is 2.53. The van der Waals surface area contributed by atoms with E-state index in [-0.39, 0.29) is 0 Å². The molecule has 0 spiro atoms. The molecule has 0 aromatic carbocycles. The van der Waals surface area contributed by atoms with Gasteiger partial charge in [-0.25, -0.2) is 0 Å². The molecular formula is C13H24N4. The summed E-state index contributed by atoms with van der Waals surface area (Å²) in [6.07, 6.45) is 4.17. The lowest BCUT2D eigenvalue weighted by atomic mass is 10.1. The number of hydrogen-bond acceptors (Lipinski definition) is 3. The fourth-order valence-corrected chi connectivity index (χ4v) is 2.29. The number of piperazine rings is 1. The van der Waals surface area contributed by atoms with Gasteiger partial charge in [-0.3, -0.25) is 9.58 Å². The second-order valence-electron chi connectivity index (χ2n) is 5.51. The van der Waals surface area contributed by atoms with E-state index in [1.807, 2.05) is 10.9 Å². The molecule has 96 valence electrons. The van der Waals surface area contributed by atoms with E-state index >= 15 is 0 Å². The largest absolute Gasteiger partial charge is 0.311 e. The van der Waals surface area contributed by atoms with Crippen molar-refractivity contribution < 1.29 is 0 Å². The standard InChI is InChI=1S/C13H24N4/c1-10(2)17-9-13(6-15-17)8-16-7-11(3)14-5-12(16)4/h6,9-12,14H,5,7-8H2,1-4H3. The van der Waals surface area contributed by atoms with Gasteiger partial charge in [-0.05, 0) is 27.7 Å². The molecule has 1 aliphatic rings. The summed E-state index contributed by atoms with van der Waals surface area (Å²) in [5.74, 6) is 0. The van der Waals surface area contributed by atoms with Crippen LogP contribution in [0.4, 0.5) is 0 Å². The molecule has 1 fully saturated rings. The molecule has 2 unspecified atom stereocenters. The van der Waals surface area contributed by atoms with Crippen molar-refractivity contribution in [2.45, 2.75) is 52.4 Å². The summed E-state index contributed by atoms with van der Waals surface area (Å²) < 4.78 is 2.03. The number of rotatable bonds is 3. The first-order valence-corrected chi connectivity index (χ1v) is 6.56. The predicted octanol–water partition coefficient (Wildman–Crippen LogP) is 1.65. The maximum absolute atomic E-state index is 4.40. The Hall–Kier alpha value is -0.870. The highest BCUT2D eigenvalue weighted by molar-refractivity contribution is 5.05. The Bertz CT molecular complexity index is 358. The van der Waals surface area contributed by atoms with Crippen molar-refractivity contribution in [3.63, 3.8) is 0 Å². The van der Waals surface area contributed by atoms with Gasteiger partial charge in [0.05, 0.1) is 6.20 Å². The molecule has 0 saturated carbocycles. The number of hydrogen-bond donors (Lipinski definition) is 1. The molecule has 4 nitrogen and oxygen atoms in total. The lowest BCUT2D eigenvalue weighted by molar-refractivity contribution is 0.139. The van der Waals surface area contributed by atoms with Crippen molar-refractivity contribution in [2.75, 3.05) is 13.1 Å². The molecule has 0 radical (unpaired) electrons. The van der Waals surface area contributed by atoms with Crippen molar-refractivity contribution in [3.05, 3.63) is 18.0 Å². The minimum absolute atomic E-state index is 0.447. The average Bonchev–Trinajstić information content (AvgIpc) is 2.72. The van der Waals surface area contributed by atoms with E-state index in [9.17, 15) is 0 Å². The number of nitrogens with one attached hydrogen (secondary N) is 1. The van der Waals surface area contributed by atoms with Gasteiger partial charge < -0.3 is 5.32 Å². The minimum Gasteiger partial charge on any atom is -0.311 e. The Morgan fingerprint density at radius 1 is 1.47 bits per heavy atom. The molecular weight excluding hydrogens is 212 g/mol. The Labute approximate surface area is 104 Å². The third kappa shape index (κ3) is 3.07. The maximum Gasteiger partial charge on any atom is 0.0534 e. The molecule has 0 bridgehead atoms. The van der Waals surface area contributed by atoms with Gasteiger partial charge in [0.1, 0.15) is 0 Å². The molecule has 17 heavy (non-hydrogen) atoms. The van der Waals surface area contributed by atoms with Gasteiger partial charge in [0.15, 0.2) is 0 Å². The SMILES string of the molecule is CC1CN(Cc2cnn(C(C)C)c2)C(C)CN1. The quantitative estimate of drug-likeness (QED) is 0.866. The van der Waals surface area contributed by atoms with Gasteiger partial charge >= 0.3 is 0 Å². The maximum atomic E-state index is 4.40. The van der Waals surface area contributed by atoms with E-state index in [0.29, 0.717) is 18.1 Å². The van der Waals surface area contributed by atoms with Crippen molar-refractivity contribution in [3.8, 4) is 0 Å². The van der Waals surface area contributed by atoms with E-state index in [1.165, 1.54) is 5.56 Å². The predicted molar refractivity (Wildman–Crippen MR) is 69.9 cm³/mol. The molecule has 0 amide bonds. The van der Waals surface area contributed by atoms with Crippen molar-refractivity contribution in [2.24, 2.45) is 0 Å². The van der Waals surface area contributed by atoms with Crippen LogP contribution in [0.3, 0.4) is 0 Å². The third-order valence-corrected chi connectivity index (χ3v) is 3.46. The molecule has 4 heteroatoms. The van der Waals surface area contributed by atoms with Crippen LogP contribution < -0.4 is 5.32 Å². The number of nitrogens with zero attached hydrogens (tertiary/aromatic N) is 3. The van der Waals surface area contributed by atoms with Gasteiger partial charge in [-0.2, -0.15) is 5.10 Å². The van der Waals surface area contributed by atoms with Crippen LogP contribution in [0.2, 0.25) is 0 Å². The van der Waals surface area contributed by atoms with Gasteiger partial charge in [-0.1, -0.05) is 0 Å². The molecule has 1 saturated heterocycles. The van der Waals surface area contributed by atoms with E-state index in [4.69, 9.17) is 0 Å². The lowest BCUT2D eigenvalue weighted by Gasteiger charge is -2.37. The van der Waals surface area contributed by atoms with Crippen LogP contribution in [0.1, 0.15) is 39.3 Å². The molecule has 1 N–H and O–H groups in total. The number of aromatic nitrogens is 2. The minimum atomic E-state index is 0.447. The van der Waals surface area contributed by atoms with Crippen LogP contribution in [0.25, 0.3) is 0 Å². The first-order chi connectivity index (χ1) is 8.06. The smallest absolute Gasteiger partial charge is 0.0534 e. The summed E-state index contributed by atoms with van der Waals surface area (Å²) in [7, 11) is 0. The first-order valence-electron chi connectivity index (χ1n) is 6.56. The lowest BCUT2D eigenvalue weighted by Crippen LogP contribution is -2.53. The van der Waals surface area contributed by atoms with Crippen molar-refractivity contribution >= 4 is 0 Å². The second kappa shape index (κ2) is 5.19. The molecule has 2 heterocycles. The van der Waals surface area contributed by atoms with Gasteiger partial charge in [0, 0.05) is 49.5 Å². The molecule has 2 atom stereocenters. The molecule has 1 aromatic rings. The Balaban J connectivity index is 1.98. The Morgan fingerprint density at radius 2 is 2.24 bits per heavy atom. The third-order valence-electron chi connectivity index (χ3n) is 3.46. The zero-order valence-electron chi connectivity index (χ0n) is 11.3. The summed E-state index contributed by atoms with van der Waals surface area (Å²) in [6, 6.07) is 1.64. The first kappa shape index (κ1) is 12.6. The van der Waals surface area contributed by atoms with Crippen LogP contribution >= 0.6 is 0 Å². The average molecular weight is 236 g/mol. The zero-order valence-corrected chi connectivity index (χ0v) is 11.3. The van der Waals surface area contributed by atoms with Gasteiger partial charge in [0.2, 0.25) is 0 Å². The van der Waals surface area contributed by atoms with Crippen molar-refractivity contribution in [1.82, 2.24) is 20.0 Å². The normalized spacial score (nSPS) is 26.6. The van der Waals surface area contributed by atoms with E-state index in [0.717, 1.165) is 19.6 Å². The summed E-state index contributed by atoms with van der Waals surface area (Å²) in [5, 5.41) is 7.91. The van der Waals surface area contributed by atoms with Gasteiger partial charge in [-0.15, -0.1) is 0 Å². The summed E-state index contributed by atoms with van der Waals surface area (Å²) in [6.45, 7) is 12.1. The van der Waals surface area contributed by atoms with E-state index < -0.39 is 0 Å². The monoisotopic (exact) mass is 236 g/mol. The van der Waals surface area contributed by atoms with Crippen LogP contribution in [-0.4, -0.2) is 39.9 Å². The molecule has 1 aliphatic heterocycles. The fraction of sp³-hybridized carbons (Fsp3) is 0.769.